The monoisotopic (exact) mass is 250 g/mol. The largest absolute Gasteiger partial charge is 0.376 e. The molecule has 0 aliphatic heterocycles. The number of hydrogen-bond acceptors (Lipinski definition) is 2. The average molecular weight is 250 g/mol. The minimum Gasteiger partial charge on any atom is -0.376 e. The highest BCUT2D eigenvalue weighted by Crippen LogP contribution is 2.26. The van der Waals surface area contributed by atoms with E-state index in [-0.39, 0.29) is 18.3 Å². The van der Waals surface area contributed by atoms with Crippen molar-refractivity contribution in [2.24, 2.45) is 0 Å². The first-order valence-corrected chi connectivity index (χ1v) is 6.41. The molecule has 0 bridgehead atoms. The SMILES string of the molecule is CCN(C(=O)CNc1ccc(C)c(F)c1)C1CC1. The summed E-state index contributed by atoms with van der Waals surface area (Å²) in [5.41, 5.74) is 1.26. The summed E-state index contributed by atoms with van der Waals surface area (Å²) < 4.78 is 13.3. The van der Waals surface area contributed by atoms with Crippen LogP contribution < -0.4 is 5.32 Å². The first-order chi connectivity index (χ1) is 8.61. The summed E-state index contributed by atoms with van der Waals surface area (Å²) >= 11 is 0. The number of likely N-dealkylation sites (N-methyl/N-ethyl adjacent to an activating group) is 1. The fourth-order valence-corrected chi connectivity index (χ4v) is 2.01. The van der Waals surface area contributed by atoms with Gasteiger partial charge in [0, 0.05) is 18.3 Å². The quantitative estimate of drug-likeness (QED) is 0.871. The third-order valence-corrected chi connectivity index (χ3v) is 3.26. The maximum absolute atomic E-state index is 13.3. The Morgan fingerprint density at radius 1 is 1.50 bits per heavy atom. The molecule has 0 aromatic heterocycles. The molecule has 1 aromatic rings. The lowest BCUT2D eigenvalue weighted by molar-refractivity contribution is -0.129. The molecule has 0 heterocycles. The van der Waals surface area contributed by atoms with Gasteiger partial charge in [-0.05, 0) is 44.4 Å². The maximum atomic E-state index is 13.3. The first kappa shape index (κ1) is 12.9. The zero-order valence-corrected chi connectivity index (χ0v) is 10.9. The van der Waals surface area contributed by atoms with Crippen molar-refractivity contribution in [2.45, 2.75) is 32.7 Å². The molecule has 1 fully saturated rings. The number of carbonyl (C=O) groups is 1. The van der Waals surface area contributed by atoms with Gasteiger partial charge in [-0.15, -0.1) is 0 Å². The van der Waals surface area contributed by atoms with Gasteiger partial charge in [0.2, 0.25) is 5.91 Å². The van der Waals surface area contributed by atoms with Crippen LogP contribution in [0.15, 0.2) is 18.2 Å². The Hall–Kier alpha value is -1.58. The van der Waals surface area contributed by atoms with Crippen LogP contribution in [-0.4, -0.2) is 29.9 Å². The Labute approximate surface area is 107 Å². The standard InChI is InChI=1S/C14H19FN2O/c1-3-17(12-6-7-12)14(18)9-16-11-5-4-10(2)13(15)8-11/h4-5,8,12,16H,3,6-7,9H2,1-2H3. The second kappa shape index (κ2) is 5.38. The molecule has 3 nitrogen and oxygen atoms in total. The van der Waals surface area contributed by atoms with Gasteiger partial charge in [0.05, 0.1) is 6.54 Å². The van der Waals surface area contributed by atoms with E-state index in [2.05, 4.69) is 5.32 Å². The molecule has 1 amide bonds. The summed E-state index contributed by atoms with van der Waals surface area (Å²) in [6.07, 6.45) is 2.22. The lowest BCUT2D eigenvalue weighted by Gasteiger charge is -2.20. The number of nitrogens with one attached hydrogen (secondary N) is 1. The number of benzene rings is 1. The normalized spacial score (nSPS) is 14.4. The topological polar surface area (TPSA) is 32.3 Å². The Morgan fingerprint density at radius 2 is 2.22 bits per heavy atom. The van der Waals surface area contributed by atoms with Crippen molar-refractivity contribution < 1.29 is 9.18 Å². The molecule has 1 aromatic carbocycles. The van der Waals surface area contributed by atoms with Gasteiger partial charge in [0.15, 0.2) is 0 Å². The second-order valence-electron chi connectivity index (χ2n) is 4.73. The zero-order chi connectivity index (χ0) is 13.1. The van der Waals surface area contributed by atoms with E-state index in [0.29, 0.717) is 17.3 Å². The summed E-state index contributed by atoms with van der Waals surface area (Å²) in [6.45, 7) is 4.68. The molecule has 1 N–H and O–H groups in total. The van der Waals surface area contributed by atoms with Crippen molar-refractivity contribution in [2.75, 3.05) is 18.4 Å². The summed E-state index contributed by atoms with van der Waals surface area (Å²) in [5.74, 6) is -0.164. The van der Waals surface area contributed by atoms with Crippen LogP contribution in [0.2, 0.25) is 0 Å². The highest BCUT2D eigenvalue weighted by Gasteiger charge is 2.30. The molecule has 18 heavy (non-hydrogen) atoms. The van der Waals surface area contributed by atoms with Crippen LogP contribution in [-0.2, 0) is 4.79 Å². The van der Waals surface area contributed by atoms with Gasteiger partial charge in [0.25, 0.3) is 0 Å². The second-order valence-corrected chi connectivity index (χ2v) is 4.73. The molecular weight excluding hydrogens is 231 g/mol. The maximum Gasteiger partial charge on any atom is 0.242 e. The van der Waals surface area contributed by atoms with E-state index in [1.807, 2.05) is 11.8 Å². The first-order valence-electron chi connectivity index (χ1n) is 6.41. The van der Waals surface area contributed by atoms with Gasteiger partial charge in [0.1, 0.15) is 5.82 Å². The third kappa shape index (κ3) is 3.00. The van der Waals surface area contributed by atoms with E-state index in [1.54, 1.807) is 19.1 Å². The van der Waals surface area contributed by atoms with Gasteiger partial charge in [-0.25, -0.2) is 4.39 Å². The minimum atomic E-state index is -0.248. The predicted molar refractivity (Wildman–Crippen MR) is 70.0 cm³/mol. The number of amides is 1. The number of nitrogens with zero attached hydrogens (tertiary/aromatic N) is 1. The fraction of sp³-hybridized carbons (Fsp3) is 0.500. The van der Waals surface area contributed by atoms with E-state index in [4.69, 9.17) is 0 Å². The van der Waals surface area contributed by atoms with E-state index in [0.717, 1.165) is 19.4 Å². The van der Waals surface area contributed by atoms with Crippen molar-refractivity contribution in [3.05, 3.63) is 29.6 Å². The van der Waals surface area contributed by atoms with Crippen molar-refractivity contribution in [1.82, 2.24) is 4.90 Å². The van der Waals surface area contributed by atoms with E-state index in [9.17, 15) is 9.18 Å². The summed E-state index contributed by atoms with van der Waals surface area (Å²) in [6, 6.07) is 5.36. The van der Waals surface area contributed by atoms with E-state index >= 15 is 0 Å². The van der Waals surface area contributed by atoms with Crippen LogP contribution in [0.5, 0.6) is 0 Å². The Morgan fingerprint density at radius 3 is 2.78 bits per heavy atom. The van der Waals surface area contributed by atoms with Crippen LogP contribution in [0.25, 0.3) is 0 Å². The molecule has 0 radical (unpaired) electrons. The third-order valence-electron chi connectivity index (χ3n) is 3.26. The molecule has 1 aliphatic carbocycles. The molecule has 0 spiro atoms. The van der Waals surface area contributed by atoms with E-state index in [1.165, 1.54) is 6.07 Å². The number of halogens is 1. The van der Waals surface area contributed by atoms with Crippen LogP contribution >= 0.6 is 0 Å². The van der Waals surface area contributed by atoms with Gasteiger partial charge in [-0.1, -0.05) is 6.07 Å². The molecule has 0 saturated heterocycles. The average Bonchev–Trinajstić information content (AvgIpc) is 3.16. The number of carbonyl (C=O) groups excluding carboxylic acids is 1. The lowest BCUT2D eigenvalue weighted by atomic mass is 10.2. The molecule has 1 saturated carbocycles. The fourth-order valence-electron chi connectivity index (χ4n) is 2.01. The molecule has 98 valence electrons. The molecular formula is C14H19FN2O. The highest BCUT2D eigenvalue weighted by atomic mass is 19.1. The van der Waals surface area contributed by atoms with Crippen molar-refractivity contribution in [1.29, 1.82) is 0 Å². The number of anilines is 1. The number of rotatable bonds is 5. The Bertz CT molecular complexity index is 443. The molecule has 2 rings (SSSR count). The smallest absolute Gasteiger partial charge is 0.242 e. The number of hydrogen-bond donors (Lipinski definition) is 1. The Balaban J connectivity index is 1.90. The van der Waals surface area contributed by atoms with Crippen molar-refractivity contribution in [3.63, 3.8) is 0 Å². The van der Waals surface area contributed by atoms with Gasteiger partial charge < -0.3 is 10.2 Å². The van der Waals surface area contributed by atoms with Crippen LogP contribution in [0.1, 0.15) is 25.3 Å². The highest BCUT2D eigenvalue weighted by molar-refractivity contribution is 5.81. The van der Waals surface area contributed by atoms with Crippen molar-refractivity contribution >= 4 is 11.6 Å². The van der Waals surface area contributed by atoms with Gasteiger partial charge >= 0.3 is 0 Å². The lowest BCUT2D eigenvalue weighted by Crippen LogP contribution is -2.37. The van der Waals surface area contributed by atoms with Crippen LogP contribution in [0, 0.1) is 12.7 Å². The summed E-state index contributed by atoms with van der Waals surface area (Å²) in [5, 5.41) is 2.98. The van der Waals surface area contributed by atoms with E-state index < -0.39 is 0 Å². The van der Waals surface area contributed by atoms with Crippen LogP contribution in [0.4, 0.5) is 10.1 Å². The van der Waals surface area contributed by atoms with Gasteiger partial charge in [-0.3, -0.25) is 4.79 Å². The Kier molecular flexibility index (Phi) is 3.84. The number of aryl methyl sites for hydroxylation is 1. The zero-order valence-electron chi connectivity index (χ0n) is 10.9. The molecule has 0 atom stereocenters. The predicted octanol–water partition coefficient (Wildman–Crippen LogP) is 2.56. The summed E-state index contributed by atoms with van der Waals surface area (Å²) in [4.78, 5) is 13.8. The molecule has 0 unspecified atom stereocenters. The molecule has 4 heteroatoms. The minimum absolute atomic E-state index is 0.0842. The van der Waals surface area contributed by atoms with Gasteiger partial charge in [-0.2, -0.15) is 0 Å². The summed E-state index contributed by atoms with van der Waals surface area (Å²) in [7, 11) is 0. The van der Waals surface area contributed by atoms with Crippen molar-refractivity contribution in [3.8, 4) is 0 Å². The molecule has 1 aliphatic rings. The van der Waals surface area contributed by atoms with Crippen LogP contribution in [0.3, 0.4) is 0 Å².